The molecule has 2 amide bonds. The van der Waals surface area contributed by atoms with Crippen LogP contribution < -0.4 is 0 Å². The molecule has 0 aliphatic carbocycles. The second kappa shape index (κ2) is 5.75. The number of sulfonamides is 1. The maximum absolute atomic E-state index is 13.4. The molecule has 2 aliphatic heterocycles. The molecule has 2 atom stereocenters. The summed E-state index contributed by atoms with van der Waals surface area (Å²) in [5.74, 6) is -0.786. The summed E-state index contributed by atoms with van der Waals surface area (Å²) >= 11 is 0. The highest BCUT2D eigenvalue weighted by Crippen LogP contribution is 2.43. The number of benzene rings is 2. The van der Waals surface area contributed by atoms with Gasteiger partial charge in [0.15, 0.2) is 0 Å². The van der Waals surface area contributed by atoms with Crippen LogP contribution in [-0.2, 0) is 14.8 Å². The van der Waals surface area contributed by atoms with Crippen LogP contribution >= 0.6 is 0 Å². The number of rotatable bonds is 2. The molecule has 7 heteroatoms. The van der Waals surface area contributed by atoms with Gasteiger partial charge in [0.25, 0.3) is 5.91 Å². The van der Waals surface area contributed by atoms with E-state index in [-0.39, 0.29) is 17.2 Å². The minimum atomic E-state index is -3.88. The third kappa shape index (κ3) is 2.31. The third-order valence-electron chi connectivity index (χ3n) is 4.94. The normalized spacial score (nSPS) is 23.1. The Kier molecular flexibility index (Phi) is 3.75. The molecule has 134 valence electrons. The van der Waals surface area contributed by atoms with Gasteiger partial charge in [-0.1, -0.05) is 35.9 Å². The van der Waals surface area contributed by atoms with Crippen molar-refractivity contribution in [3.8, 4) is 0 Å². The van der Waals surface area contributed by atoms with Crippen LogP contribution in [0, 0.1) is 6.92 Å². The standard InChI is InChI=1S/C19H18N2O4S/c1-12-7-9-14(10-8-12)26(24,25)21-13(2)11-17(22)20-18(21)15-5-3-4-6-16(15)19(20)23/h3-10,13,18H,11H2,1-2H3/t13-,18-/m0/s1. The Bertz CT molecular complexity index is 1010. The molecule has 0 N–H and O–H groups in total. The van der Waals surface area contributed by atoms with Crippen molar-refractivity contribution < 1.29 is 18.0 Å². The van der Waals surface area contributed by atoms with Gasteiger partial charge < -0.3 is 0 Å². The Labute approximate surface area is 152 Å². The summed E-state index contributed by atoms with van der Waals surface area (Å²) < 4.78 is 28.0. The van der Waals surface area contributed by atoms with Gasteiger partial charge in [0.1, 0.15) is 6.17 Å². The predicted molar refractivity (Wildman–Crippen MR) is 94.6 cm³/mol. The monoisotopic (exact) mass is 370 g/mol. The average Bonchev–Trinajstić information content (AvgIpc) is 2.89. The summed E-state index contributed by atoms with van der Waals surface area (Å²) in [7, 11) is -3.88. The van der Waals surface area contributed by atoms with E-state index in [0.29, 0.717) is 11.1 Å². The molecule has 2 heterocycles. The molecule has 26 heavy (non-hydrogen) atoms. The molecular weight excluding hydrogens is 352 g/mol. The summed E-state index contributed by atoms with van der Waals surface area (Å²) in [6.45, 7) is 3.58. The number of carbonyl (C=O) groups is 2. The number of hydrogen-bond donors (Lipinski definition) is 0. The SMILES string of the molecule is Cc1ccc(S(=O)(=O)N2[C@@H](C)CC(=O)N3C(=O)c4ccccc4[C@@H]32)cc1. The Morgan fingerprint density at radius 2 is 1.65 bits per heavy atom. The van der Waals surface area contributed by atoms with Gasteiger partial charge in [0, 0.05) is 23.6 Å². The minimum Gasteiger partial charge on any atom is -0.274 e. The molecule has 1 fully saturated rings. The number of nitrogens with zero attached hydrogens (tertiary/aromatic N) is 2. The number of amides is 2. The first-order valence-corrected chi connectivity index (χ1v) is 9.82. The maximum atomic E-state index is 13.4. The van der Waals surface area contributed by atoms with Crippen LogP contribution in [-0.4, -0.2) is 35.5 Å². The maximum Gasteiger partial charge on any atom is 0.262 e. The first-order chi connectivity index (χ1) is 12.3. The van der Waals surface area contributed by atoms with E-state index < -0.39 is 28.1 Å². The number of fused-ring (bicyclic) bond motifs is 3. The van der Waals surface area contributed by atoms with Crippen molar-refractivity contribution in [2.24, 2.45) is 0 Å². The van der Waals surface area contributed by atoms with Crippen LogP contribution in [0.3, 0.4) is 0 Å². The first-order valence-electron chi connectivity index (χ1n) is 8.38. The lowest BCUT2D eigenvalue weighted by atomic mass is 10.1. The van der Waals surface area contributed by atoms with Crippen LogP contribution in [0.25, 0.3) is 0 Å². The zero-order valence-corrected chi connectivity index (χ0v) is 15.2. The van der Waals surface area contributed by atoms with Crippen molar-refractivity contribution in [1.82, 2.24) is 9.21 Å². The fraction of sp³-hybridized carbons (Fsp3) is 0.263. The van der Waals surface area contributed by atoms with Gasteiger partial charge in [-0.2, -0.15) is 4.31 Å². The lowest BCUT2D eigenvalue weighted by molar-refractivity contribution is -0.138. The summed E-state index contributed by atoms with van der Waals surface area (Å²) in [5, 5.41) is 0. The first kappa shape index (κ1) is 16.9. The zero-order valence-electron chi connectivity index (χ0n) is 14.4. The highest BCUT2D eigenvalue weighted by molar-refractivity contribution is 7.89. The minimum absolute atomic E-state index is 0.0265. The van der Waals surface area contributed by atoms with Gasteiger partial charge in [0.05, 0.1) is 4.90 Å². The molecule has 0 saturated carbocycles. The highest BCUT2D eigenvalue weighted by Gasteiger charge is 2.52. The van der Waals surface area contributed by atoms with Crippen LogP contribution in [0.4, 0.5) is 0 Å². The van der Waals surface area contributed by atoms with E-state index in [2.05, 4.69) is 0 Å². The van der Waals surface area contributed by atoms with Gasteiger partial charge in [-0.25, -0.2) is 8.42 Å². The van der Waals surface area contributed by atoms with Crippen LogP contribution in [0.1, 0.15) is 41.0 Å². The Balaban J connectivity index is 1.89. The van der Waals surface area contributed by atoms with Crippen molar-refractivity contribution in [1.29, 1.82) is 0 Å². The van der Waals surface area contributed by atoms with Gasteiger partial charge in [-0.05, 0) is 32.0 Å². The van der Waals surface area contributed by atoms with E-state index in [1.807, 2.05) is 6.92 Å². The number of carbonyl (C=O) groups excluding carboxylic acids is 2. The highest BCUT2D eigenvalue weighted by atomic mass is 32.2. The van der Waals surface area contributed by atoms with E-state index in [0.717, 1.165) is 10.5 Å². The Morgan fingerprint density at radius 3 is 2.35 bits per heavy atom. The van der Waals surface area contributed by atoms with Crippen LogP contribution in [0.2, 0.25) is 0 Å². The molecule has 1 saturated heterocycles. The molecule has 0 aromatic heterocycles. The number of hydrogen-bond acceptors (Lipinski definition) is 4. The third-order valence-corrected chi connectivity index (χ3v) is 6.93. The largest absolute Gasteiger partial charge is 0.274 e. The second-order valence-corrected chi connectivity index (χ2v) is 8.57. The summed E-state index contributed by atoms with van der Waals surface area (Å²) in [4.78, 5) is 26.4. The molecule has 4 rings (SSSR count). The van der Waals surface area contributed by atoms with Crippen molar-refractivity contribution in [2.75, 3.05) is 0 Å². The average molecular weight is 370 g/mol. The van der Waals surface area contributed by atoms with E-state index in [9.17, 15) is 18.0 Å². The smallest absolute Gasteiger partial charge is 0.262 e. The topological polar surface area (TPSA) is 74.8 Å². The lowest BCUT2D eigenvalue weighted by Crippen LogP contribution is -2.55. The van der Waals surface area contributed by atoms with E-state index in [4.69, 9.17) is 0 Å². The summed E-state index contributed by atoms with van der Waals surface area (Å²) in [6.07, 6.45) is -0.956. The summed E-state index contributed by atoms with van der Waals surface area (Å²) in [5.41, 5.74) is 1.88. The van der Waals surface area contributed by atoms with E-state index >= 15 is 0 Å². The fourth-order valence-corrected chi connectivity index (χ4v) is 5.42. The molecular formula is C19H18N2O4S. The Morgan fingerprint density at radius 1 is 1.00 bits per heavy atom. The molecule has 2 aromatic carbocycles. The summed E-state index contributed by atoms with van der Waals surface area (Å²) in [6, 6.07) is 12.8. The lowest BCUT2D eigenvalue weighted by Gasteiger charge is -2.41. The number of aryl methyl sites for hydroxylation is 1. The quantitative estimate of drug-likeness (QED) is 0.761. The van der Waals surface area contributed by atoms with Gasteiger partial charge in [-0.15, -0.1) is 0 Å². The molecule has 0 radical (unpaired) electrons. The molecule has 0 spiro atoms. The van der Waals surface area contributed by atoms with Crippen molar-refractivity contribution in [3.05, 3.63) is 65.2 Å². The molecule has 2 aliphatic rings. The van der Waals surface area contributed by atoms with Crippen molar-refractivity contribution in [2.45, 2.75) is 37.4 Å². The van der Waals surface area contributed by atoms with E-state index in [1.54, 1.807) is 55.5 Å². The molecule has 6 nitrogen and oxygen atoms in total. The van der Waals surface area contributed by atoms with Crippen molar-refractivity contribution in [3.63, 3.8) is 0 Å². The molecule has 0 unspecified atom stereocenters. The van der Waals surface area contributed by atoms with Crippen LogP contribution in [0.5, 0.6) is 0 Å². The van der Waals surface area contributed by atoms with Gasteiger partial charge in [-0.3, -0.25) is 14.5 Å². The molecule has 2 aromatic rings. The predicted octanol–water partition coefficient (Wildman–Crippen LogP) is 2.46. The van der Waals surface area contributed by atoms with E-state index in [1.165, 1.54) is 4.31 Å². The van der Waals surface area contributed by atoms with Gasteiger partial charge >= 0.3 is 0 Å². The number of imide groups is 1. The van der Waals surface area contributed by atoms with Crippen molar-refractivity contribution >= 4 is 21.8 Å². The zero-order chi connectivity index (χ0) is 18.6. The second-order valence-electron chi connectivity index (χ2n) is 6.73. The van der Waals surface area contributed by atoms with Crippen LogP contribution in [0.15, 0.2) is 53.4 Å². The molecule has 0 bridgehead atoms. The fourth-order valence-electron chi connectivity index (χ4n) is 3.68. The van der Waals surface area contributed by atoms with Gasteiger partial charge in [0.2, 0.25) is 15.9 Å². The Hall–Kier alpha value is -2.51.